The number of hydrogen-bond donors (Lipinski definition) is 4. The number of aromatic nitrogens is 3. The van der Waals surface area contributed by atoms with Crippen molar-refractivity contribution in [2.75, 3.05) is 17.7 Å². The number of primary amides is 1. The van der Waals surface area contributed by atoms with Crippen LogP contribution in [0.1, 0.15) is 36.0 Å². The highest BCUT2D eigenvalue weighted by atomic mass is 16.5. The van der Waals surface area contributed by atoms with Crippen molar-refractivity contribution in [3.8, 4) is 11.4 Å². The first kappa shape index (κ1) is 22.7. The molecule has 35 heavy (non-hydrogen) atoms. The molecule has 0 bridgehead atoms. The summed E-state index contributed by atoms with van der Waals surface area (Å²) in [4.78, 5) is 21.0. The zero-order valence-corrected chi connectivity index (χ0v) is 19.4. The number of amides is 1. The molecule has 2 aromatic carbocycles. The summed E-state index contributed by atoms with van der Waals surface area (Å²) in [5.74, 6) is 0.885. The van der Waals surface area contributed by atoms with Crippen molar-refractivity contribution in [2.24, 2.45) is 5.73 Å². The fourth-order valence-electron chi connectivity index (χ4n) is 4.59. The quantitative estimate of drug-likeness (QED) is 0.320. The third-order valence-corrected chi connectivity index (χ3v) is 6.44. The number of nitrogens with zero attached hydrogens (tertiary/aromatic N) is 3. The third kappa shape index (κ3) is 4.63. The Hall–Kier alpha value is -4.11. The molecule has 180 valence electrons. The zero-order valence-electron chi connectivity index (χ0n) is 19.4. The number of para-hydroxylation sites is 2. The highest BCUT2D eigenvalue weighted by Gasteiger charge is 2.21. The normalized spacial score (nSPS) is 17.8. The monoisotopic (exact) mass is 472 g/mol. The lowest BCUT2D eigenvalue weighted by Crippen LogP contribution is -2.29. The van der Waals surface area contributed by atoms with E-state index in [-0.39, 0.29) is 12.1 Å². The maximum absolute atomic E-state index is 12.1. The van der Waals surface area contributed by atoms with E-state index >= 15 is 0 Å². The smallest absolute Gasteiger partial charge is 0.250 e. The first-order valence-electron chi connectivity index (χ1n) is 11.6. The summed E-state index contributed by atoms with van der Waals surface area (Å²) < 4.78 is 7.40. The lowest BCUT2D eigenvalue weighted by molar-refractivity contribution is 0.100. The summed E-state index contributed by atoms with van der Waals surface area (Å²) in [6.45, 7) is 0. The van der Waals surface area contributed by atoms with Crippen LogP contribution < -0.4 is 21.1 Å². The van der Waals surface area contributed by atoms with Crippen molar-refractivity contribution >= 4 is 34.1 Å². The average Bonchev–Trinajstić information content (AvgIpc) is 3.31. The number of aliphatic hydroxyl groups is 1. The molecule has 5 N–H and O–H groups in total. The lowest BCUT2D eigenvalue weighted by atomic mass is 9.92. The number of nitrogens with one attached hydrogen (secondary N) is 2. The standard InChI is InChI=1S/C26H28N6O3/c1-35-23-5-3-2-4-21(23)31-25-20-12-13-32(26(20)29-15-28-25)17-8-11-19(24(27)34)22(14-17)30-16-6-9-18(33)10-7-16/h2-5,8,11-16,18,30,33H,6-7,9-10H2,1H3,(H2,27,34)(H,28,29,31). The van der Waals surface area contributed by atoms with E-state index in [0.717, 1.165) is 48.1 Å². The first-order valence-corrected chi connectivity index (χ1v) is 11.6. The van der Waals surface area contributed by atoms with Crippen molar-refractivity contribution in [3.63, 3.8) is 0 Å². The summed E-state index contributed by atoms with van der Waals surface area (Å²) in [5, 5.41) is 17.5. The minimum Gasteiger partial charge on any atom is -0.495 e. The fraction of sp³-hybridized carbons (Fsp3) is 0.269. The van der Waals surface area contributed by atoms with E-state index in [9.17, 15) is 9.90 Å². The highest BCUT2D eigenvalue weighted by molar-refractivity contribution is 5.99. The van der Waals surface area contributed by atoms with Gasteiger partial charge in [-0.05, 0) is 62.1 Å². The van der Waals surface area contributed by atoms with E-state index in [2.05, 4.69) is 20.6 Å². The molecule has 1 aliphatic carbocycles. The minimum absolute atomic E-state index is 0.173. The summed E-state index contributed by atoms with van der Waals surface area (Å²) in [6.07, 6.45) is 6.34. The Kier molecular flexibility index (Phi) is 6.24. The molecule has 0 saturated heterocycles. The van der Waals surface area contributed by atoms with E-state index in [1.54, 1.807) is 13.2 Å². The molecule has 0 atom stereocenters. The second-order valence-electron chi connectivity index (χ2n) is 8.71. The van der Waals surface area contributed by atoms with Gasteiger partial charge in [0, 0.05) is 23.6 Å². The van der Waals surface area contributed by atoms with Crippen LogP contribution in [0, 0.1) is 0 Å². The van der Waals surface area contributed by atoms with E-state index in [1.165, 1.54) is 6.33 Å². The van der Waals surface area contributed by atoms with Crippen molar-refractivity contribution < 1.29 is 14.6 Å². The number of nitrogens with two attached hydrogens (primary N) is 1. The van der Waals surface area contributed by atoms with Gasteiger partial charge in [-0.3, -0.25) is 4.79 Å². The second-order valence-corrected chi connectivity index (χ2v) is 8.71. The predicted octanol–water partition coefficient (Wildman–Crippen LogP) is 3.99. The number of rotatable bonds is 7. The molecular weight excluding hydrogens is 444 g/mol. The molecule has 2 aromatic heterocycles. The van der Waals surface area contributed by atoms with Crippen molar-refractivity contribution in [1.29, 1.82) is 0 Å². The van der Waals surface area contributed by atoms with Crippen molar-refractivity contribution in [3.05, 3.63) is 66.6 Å². The van der Waals surface area contributed by atoms with Crippen LogP contribution in [0.3, 0.4) is 0 Å². The Morgan fingerprint density at radius 1 is 1.09 bits per heavy atom. The molecule has 0 radical (unpaired) electrons. The van der Waals surface area contributed by atoms with Gasteiger partial charge in [0.25, 0.3) is 5.91 Å². The Morgan fingerprint density at radius 3 is 2.66 bits per heavy atom. The molecule has 1 fully saturated rings. The Bertz CT molecular complexity index is 1360. The van der Waals surface area contributed by atoms with Crippen LogP contribution in [-0.2, 0) is 0 Å². The number of fused-ring (bicyclic) bond motifs is 1. The number of carbonyl (C=O) groups excluding carboxylic acids is 1. The van der Waals surface area contributed by atoms with Gasteiger partial charge in [-0.25, -0.2) is 9.97 Å². The minimum atomic E-state index is -0.488. The molecule has 1 amide bonds. The topological polar surface area (TPSA) is 127 Å². The molecule has 1 aliphatic rings. The Balaban J connectivity index is 1.49. The van der Waals surface area contributed by atoms with Crippen LogP contribution in [0.4, 0.5) is 17.2 Å². The van der Waals surface area contributed by atoms with E-state index in [1.807, 2.05) is 53.2 Å². The average molecular weight is 473 g/mol. The molecule has 1 saturated carbocycles. The number of anilines is 3. The largest absolute Gasteiger partial charge is 0.495 e. The number of aliphatic hydroxyl groups excluding tert-OH is 1. The molecule has 2 heterocycles. The second kappa shape index (κ2) is 9.63. The van der Waals surface area contributed by atoms with Gasteiger partial charge in [-0.1, -0.05) is 12.1 Å². The number of benzene rings is 2. The van der Waals surface area contributed by atoms with Crippen LogP contribution in [0.15, 0.2) is 61.1 Å². The van der Waals surface area contributed by atoms with Gasteiger partial charge in [-0.15, -0.1) is 0 Å². The van der Waals surface area contributed by atoms with Gasteiger partial charge in [-0.2, -0.15) is 0 Å². The molecule has 0 unspecified atom stereocenters. The summed E-state index contributed by atoms with van der Waals surface area (Å²) >= 11 is 0. The van der Waals surface area contributed by atoms with Crippen molar-refractivity contribution in [2.45, 2.75) is 37.8 Å². The maximum Gasteiger partial charge on any atom is 0.250 e. The third-order valence-electron chi connectivity index (χ3n) is 6.44. The summed E-state index contributed by atoms with van der Waals surface area (Å²) in [5.41, 5.74) is 9.13. The SMILES string of the molecule is COc1ccccc1Nc1ncnc2c1ccn2-c1ccc(C(N)=O)c(NC2CCC(O)CC2)c1. The van der Waals surface area contributed by atoms with Crippen LogP contribution in [0.2, 0.25) is 0 Å². The fourth-order valence-corrected chi connectivity index (χ4v) is 4.59. The summed E-state index contributed by atoms with van der Waals surface area (Å²) in [7, 11) is 1.63. The Labute approximate surface area is 203 Å². The molecule has 4 aromatic rings. The van der Waals surface area contributed by atoms with Gasteiger partial charge >= 0.3 is 0 Å². The van der Waals surface area contributed by atoms with Crippen LogP contribution >= 0.6 is 0 Å². The number of hydrogen-bond acceptors (Lipinski definition) is 7. The molecule has 0 aliphatic heterocycles. The predicted molar refractivity (Wildman–Crippen MR) is 136 cm³/mol. The zero-order chi connectivity index (χ0) is 24.4. The van der Waals surface area contributed by atoms with E-state index in [4.69, 9.17) is 10.5 Å². The molecule has 5 rings (SSSR count). The van der Waals surface area contributed by atoms with Crippen LogP contribution in [0.5, 0.6) is 5.75 Å². The molecular formula is C26H28N6O3. The van der Waals surface area contributed by atoms with Gasteiger partial charge < -0.3 is 30.8 Å². The highest BCUT2D eigenvalue weighted by Crippen LogP contribution is 2.32. The van der Waals surface area contributed by atoms with Gasteiger partial charge in [0.15, 0.2) is 0 Å². The van der Waals surface area contributed by atoms with Crippen molar-refractivity contribution in [1.82, 2.24) is 14.5 Å². The molecule has 9 nitrogen and oxygen atoms in total. The lowest BCUT2D eigenvalue weighted by Gasteiger charge is -2.28. The summed E-state index contributed by atoms with van der Waals surface area (Å²) in [6, 6.07) is 15.3. The number of carbonyl (C=O) groups is 1. The van der Waals surface area contributed by atoms with Gasteiger partial charge in [0.2, 0.25) is 0 Å². The first-order chi connectivity index (χ1) is 17.0. The van der Waals surface area contributed by atoms with E-state index in [0.29, 0.717) is 22.8 Å². The molecule has 0 spiro atoms. The maximum atomic E-state index is 12.1. The van der Waals surface area contributed by atoms with E-state index < -0.39 is 5.91 Å². The van der Waals surface area contributed by atoms with Gasteiger partial charge in [0.1, 0.15) is 23.5 Å². The number of methoxy groups -OCH3 is 1. The molecule has 9 heteroatoms. The van der Waals surface area contributed by atoms with Crippen LogP contribution in [-0.4, -0.2) is 44.8 Å². The Morgan fingerprint density at radius 2 is 1.89 bits per heavy atom. The number of ether oxygens (including phenoxy) is 1. The van der Waals surface area contributed by atoms with Crippen LogP contribution in [0.25, 0.3) is 16.7 Å². The van der Waals surface area contributed by atoms with Gasteiger partial charge in [0.05, 0.1) is 29.9 Å².